The van der Waals surface area contributed by atoms with Gasteiger partial charge in [-0.2, -0.15) is 4.31 Å². The third-order valence-corrected chi connectivity index (χ3v) is 5.78. The van der Waals surface area contributed by atoms with Gasteiger partial charge in [0.05, 0.1) is 6.61 Å². The lowest BCUT2D eigenvalue weighted by molar-refractivity contribution is 0.190. The lowest BCUT2D eigenvalue weighted by Gasteiger charge is -2.35. The van der Waals surface area contributed by atoms with Gasteiger partial charge in [0.1, 0.15) is 10.7 Å². The molecular formula is C14H21FN2O3S. The summed E-state index contributed by atoms with van der Waals surface area (Å²) in [6.07, 6.45) is 1.70. The van der Waals surface area contributed by atoms with E-state index in [1.54, 1.807) is 0 Å². The SMILES string of the molecule is CN(C)C1CCCN(S(=O)(=O)c2ccc(CO)cc2F)C1. The van der Waals surface area contributed by atoms with Crippen LogP contribution in [-0.4, -0.2) is 56.0 Å². The van der Waals surface area contributed by atoms with Crippen LogP contribution in [0.5, 0.6) is 0 Å². The van der Waals surface area contributed by atoms with Gasteiger partial charge in [0.15, 0.2) is 0 Å². The molecule has 0 aliphatic carbocycles. The molecular weight excluding hydrogens is 295 g/mol. The van der Waals surface area contributed by atoms with Gasteiger partial charge in [-0.15, -0.1) is 0 Å². The Morgan fingerprint density at radius 2 is 2.14 bits per heavy atom. The molecule has 1 N–H and O–H groups in total. The summed E-state index contributed by atoms with van der Waals surface area (Å²) < 4.78 is 40.5. The minimum Gasteiger partial charge on any atom is -0.392 e. The normalized spacial score (nSPS) is 20.9. The van der Waals surface area contributed by atoms with Gasteiger partial charge in [0.2, 0.25) is 10.0 Å². The van der Waals surface area contributed by atoms with Crippen molar-refractivity contribution in [3.8, 4) is 0 Å². The van der Waals surface area contributed by atoms with E-state index in [9.17, 15) is 12.8 Å². The van der Waals surface area contributed by atoms with E-state index in [0.29, 0.717) is 18.7 Å². The zero-order valence-electron chi connectivity index (χ0n) is 12.3. The maximum absolute atomic E-state index is 14.0. The van der Waals surface area contributed by atoms with Crippen LogP contribution in [0, 0.1) is 5.82 Å². The Labute approximate surface area is 125 Å². The lowest BCUT2D eigenvalue weighted by Crippen LogP contribution is -2.47. The van der Waals surface area contributed by atoms with Crippen LogP contribution in [0.15, 0.2) is 23.1 Å². The Kier molecular flexibility index (Phi) is 4.98. The number of rotatable bonds is 4. The van der Waals surface area contributed by atoms with Gasteiger partial charge >= 0.3 is 0 Å². The first kappa shape index (κ1) is 16.4. The average Bonchev–Trinajstić information content (AvgIpc) is 2.46. The van der Waals surface area contributed by atoms with E-state index in [0.717, 1.165) is 18.9 Å². The van der Waals surface area contributed by atoms with Crippen LogP contribution < -0.4 is 0 Å². The highest BCUT2D eigenvalue weighted by Crippen LogP contribution is 2.24. The molecule has 1 unspecified atom stereocenters. The predicted molar refractivity (Wildman–Crippen MR) is 77.8 cm³/mol. The van der Waals surface area contributed by atoms with Crippen LogP contribution in [-0.2, 0) is 16.6 Å². The molecule has 0 saturated carbocycles. The van der Waals surface area contributed by atoms with Crippen molar-refractivity contribution in [3.63, 3.8) is 0 Å². The summed E-state index contributed by atoms with van der Waals surface area (Å²) in [6.45, 7) is 0.466. The molecule has 0 radical (unpaired) electrons. The molecule has 5 nitrogen and oxygen atoms in total. The molecule has 1 aromatic carbocycles. The Balaban J connectivity index is 2.29. The molecule has 0 bridgehead atoms. The number of piperidine rings is 1. The molecule has 0 aromatic heterocycles. The summed E-state index contributed by atoms with van der Waals surface area (Å²) >= 11 is 0. The lowest BCUT2D eigenvalue weighted by atomic mass is 10.1. The molecule has 0 spiro atoms. The van der Waals surface area contributed by atoms with Gasteiger partial charge in [-0.1, -0.05) is 6.07 Å². The smallest absolute Gasteiger partial charge is 0.246 e. The third kappa shape index (κ3) is 3.42. The largest absolute Gasteiger partial charge is 0.392 e. The van der Waals surface area contributed by atoms with E-state index in [-0.39, 0.29) is 17.5 Å². The second kappa shape index (κ2) is 6.39. The van der Waals surface area contributed by atoms with Gasteiger partial charge in [-0.25, -0.2) is 12.8 Å². The number of likely N-dealkylation sites (N-methyl/N-ethyl adjacent to an activating group) is 1. The van der Waals surface area contributed by atoms with Crippen molar-refractivity contribution in [2.24, 2.45) is 0 Å². The van der Waals surface area contributed by atoms with Gasteiger partial charge in [-0.05, 0) is 44.6 Å². The minimum absolute atomic E-state index is 0.147. The third-order valence-electron chi connectivity index (χ3n) is 3.89. The molecule has 1 fully saturated rings. The van der Waals surface area contributed by atoms with Crippen LogP contribution in [0.25, 0.3) is 0 Å². The first-order valence-corrected chi connectivity index (χ1v) is 8.36. The van der Waals surface area contributed by atoms with E-state index in [4.69, 9.17) is 5.11 Å². The number of nitrogens with zero attached hydrogens (tertiary/aromatic N) is 2. The molecule has 1 aromatic rings. The monoisotopic (exact) mass is 316 g/mol. The highest BCUT2D eigenvalue weighted by Gasteiger charge is 2.32. The Hall–Kier alpha value is -1.02. The zero-order valence-corrected chi connectivity index (χ0v) is 13.1. The van der Waals surface area contributed by atoms with Crippen molar-refractivity contribution >= 4 is 10.0 Å². The number of aliphatic hydroxyl groups excluding tert-OH is 1. The first-order chi connectivity index (χ1) is 9.86. The van der Waals surface area contributed by atoms with Crippen molar-refractivity contribution < 1.29 is 17.9 Å². The fourth-order valence-corrected chi connectivity index (χ4v) is 4.11. The second-order valence-electron chi connectivity index (χ2n) is 5.55. The zero-order chi connectivity index (χ0) is 15.6. The summed E-state index contributed by atoms with van der Waals surface area (Å²) in [7, 11) is -0.00589. The molecule has 0 amide bonds. The average molecular weight is 316 g/mol. The molecule has 1 atom stereocenters. The highest BCUT2D eigenvalue weighted by atomic mass is 32.2. The Bertz CT molecular complexity index is 604. The van der Waals surface area contributed by atoms with E-state index < -0.39 is 15.8 Å². The number of hydrogen-bond acceptors (Lipinski definition) is 4. The van der Waals surface area contributed by atoms with Crippen molar-refractivity contribution in [1.29, 1.82) is 0 Å². The fourth-order valence-electron chi connectivity index (χ4n) is 2.55. The van der Waals surface area contributed by atoms with E-state index >= 15 is 0 Å². The van der Waals surface area contributed by atoms with E-state index in [1.165, 1.54) is 16.4 Å². The molecule has 1 saturated heterocycles. The van der Waals surface area contributed by atoms with Crippen LogP contribution >= 0.6 is 0 Å². The van der Waals surface area contributed by atoms with Crippen molar-refractivity contribution in [2.75, 3.05) is 27.2 Å². The standard InChI is InChI=1S/C14H21FN2O3S/c1-16(2)12-4-3-7-17(9-12)21(19,20)14-6-5-11(10-18)8-13(14)15/h5-6,8,12,18H,3-4,7,9-10H2,1-2H3. The van der Waals surface area contributed by atoms with Crippen LogP contribution in [0.4, 0.5) is 4.39 Å². The maximum atomic E-state index is 14.0. The molecule has 1 aliphatic heterocycles. The van der Waals surface area contributed by atoms with Gasteiger partial charge in [-0.3, -0.25) is 0 Å². The molecule has 1 heterocycles. The number of benzene rings is 1. The number of hydrogen-bond donors (Lipinski definition) is 1. The molecule has 2 rings (SSSR count). The predicted octanol–water partition coefficient (Wildman–Crippen LogP) is 1.03. The fraction of sp³-hybridized carbons (Fsp3) is 0.571. The Morgan fingerprint density at radius 1 is 1.43 bits per heavy atom. The van der Waals surface area contributed by atoms with Gasteiger partial charge < -0.3 is 10.0 Å². The van der Waals surface area contributed by atoms with Crippen LogP contribution in [0.3, 0.4) is 0 Å². The van der Waals surface area contributed by atoms with Crippen molar-refractivity contribution in [3.05, 3.63) is 29.6 Å². The van der Waals surface area contributed by atoms with Crippen molar-refractivity contribution in [1.82, 2.24) is 9.21 Å². The maximum Gasteiger partial charge on any atom is 0.246 e. The number of halogens is 1. The van der Waals surface area contributed by atoms with E-state index in [1.807, 2.05) is 19.0 Å². The van der Waals surface area contributed by atoms with Gasteiger partial charge in [0, 0.05) is 19.1 Å². The summed E-state index contributed by atoms with van der Waals surface area (Å²) in [5.74, 6) is -0.812. The minimum atomic E-state index is -3.83. The highest BCUT2D eigenvalue weighted by molar-refractivity contribution is 7.89. The van der Waals surface area contributed by atoms with Crippen LogP contribution in [0.1, 0.15) is 18.4 Å². The summed E-state index contributed by atoms with van der Waals surface area (Å²) in [5.41, 5.74) is 0.358. The molecule has 118 valence electrons. The second-order valence-corrected chi connectivity index (χ2v) is 7.45. The summed E-state index contributed by atoms with van der Waals surface area (Å²) in [4.78, 5) is 1.67. The van der Waals surface area contributed by atoms with Gasteiger partial charge in [0.25, 0.3) is 0 Å². The first-order valence-electron chi connectivity index (χ1n) is 6.92. The molecule has 21 heavy (non-hydrogen) atoms. The quantitative estimate of drug-likeness (QED) is 0.901. The molecule has 7 heteroatoms. The topological polar surface area (TPSA) is 60.9 Å². The molecule has 1 aliphatic rings. The number of aliphatic hydroxyl groups is 1. The summed E-state index contributed by atoms with van der Waals surface area (Å²) in [5, 5.41) is 8.97. The number of sulfonamides is 1. The van der Waals surface area contributed by atoms with Crippen molar-refractivity contribution in [2.45, 2.75) is 30.4 Å². The Morgan fingerprint density at radius 3 is 2.71 bits per heavy atom. The van der Waals surface area contributed by atoms with E-state index in [2.05, 4.69) is 0 Å². The summed E-state index contributed by atoms with van der Waals surface area (Å²) in [6, 6.07) is 3.88. The van der Waals surface area contributed by atoms with Crippen LogP contribution in [0.2, 0.25) is 0 Å².